The van der Waals surface area contributed by atoms with Crippen LogP contribution in [0.3, 0.4) is 0 Å². The zero-order chi connectivity index (χ0) is 15.2. The molecule has 20 heavy (non-hydrogen) atoms. The van der Waals surface area contributed by atoms with Gasteiger partial charge in [0.05, 0.1) is 24.0 Å². The number of terminal acetylenes is 1. The molecule has 0 aliphatic carbocycles. The largest absolute Gasteiger partial charge is 0.481 e. The van der Waals surface area contributed by atoms with E-state index < -0.39 is 21.8 Å². The van der Waals surface area contributed by atoms with Crippen molar-refractivity contribution in [2.45, 2.75) is 38.1 Å². The predicted octanol–water partition coefficient (Wildman–Crippen LogP) is 0.280. The zero-order valence-corrected chi connectivity index (χ0v) is 12.1. The van der Waals surface area contributed by atoms with E-state index >= 15 is 0 Å². The standard InChI is InChI=1S/C13H19NO5S/c1-2-3-4-5-6-12(15)14-7-8-20(18,19)10-11(14)9-13(16)17/h1,11H,3-10H2,(H,16,17). The fourth-order valence-corrected chi connectivity index (χ4v) is 3.76. The quantitative estimate of drug-likeness (QED) is 0.562. The number of sulfone groups is 1. The Bertz CT molecular complexity index is 505. The molecule has 1 aliphatic heterocycles. The van der Waals surface area contributed by atoms with Gasteiger partial charge in [0.15, 0.2) is 9.84 Å². The molecule has 0 spiro atoms. The van der Waals surface area contributed by atoms with Gasteiger partial charge >= 0.3 is 5.97 Å². The van der Waals surface area contributed by atoms with Crippen LogP contribution in [-0.4, -0.2) is 54.4 Å². The molecule has 1 fully saturated rings. The van der Waals surface area contributed by atoms with Crippen LogP contribution in [0, 0.1) is 12.3 Å². The summed E-state index contributed by atoms with van der Waals surface area (Å²) in [5.41, 5.74) is 0. The Morgan fingerprint density at radius 2 is 2.05 bits per heavy atom. The van der Waals surface area contributed by atoms with Crippen molar-refractivity contribution in [1.29, 1.82) is 0 Å². The number of hydrogen-bond donors (Lipinski definition) is 1. The summed E-state index contributed by atoms with van der Waals surface area (Å²) in [6.07, 6.45) is 7.02. The lowest BCUT2D eigenvalue weighted by Crippen LogP contribution is -2.51. The lowest BCUT2D eigenvalue weighted by molar-refractivity contribution is -0.140. The van der Waals surface area contributed by atoms with Crippen LogP contribution in [-0.2, 0) is 19.4 Å². The van der Waals surface area contributed by atoms with Gasteiger partial charge in [0.2, 0.25) is 5.91 Å². The second-order valence-electron chi connectivity index (χ2n) is 4.86. The average Bonchev–Trinajstić information content (AvgIpc) is 2.32. The van der Waals surface area contributed by atoms with Gasteiger partial charge in [0, 0.05) is 19.4 Å². The summed E-state index contributed by atoms with van der Waals surface area (Å²) in [5.74, 6) is 0.827. The molecule has 0 aromatic carbocycles. The highest BCUT2D eigenvalue weighted by Gasteiger charge is 2.34. The molecule has 0 aromatic heterocycles. The number of aliphatic carboxylic acids is 1. The predicted molar refractivity (Wildman–Crippen MR) is 73.7 cm³/mol. The van der Waals surface area contributed by atoms with Crippen LogP contribution in [0.1, 0.15) is 32.1 Å². The molecule has 1 atom stereocenters. The Labute approximate surface area is 119 Å². The topological polar surface area (TPSA) is 91.8 Å². The number of carboxylic acids is 1. The van der Waals surface area contributed by atoms with E-state index in [9.17, 15) is 18.0 Å². The van der Waals surface area contributed by atoms with Crippen molar-refractivity contribution in [2.24, 2.45) is 0 Å². The van der Waals surface area contributed by atoms with Crippen LogP contribution >= 0.6 is 0 Å². The molecule has 1 heterocycles. The lowest BCUT2D eigenvalue weighted by atomic mass is 10.1. The van der Waals surface area contributed by atoms with Crippen molar-refractivity contribution in [3.05, 3.63) is 0 Å². The van der Waals surface area contributed by atoms with E-state index in [4.69, 9.17) is 11.5 Å². The van der Waals surface area contributed by atoms with Crippen LogP contribution in [0.4, 0.5) is 0 Å². The van der Waals surface area contributed by atoms with Gasteiger partial charge < -0.3 is 10.0 Å². The minimum atomic E-state index is -3.26. The molecular formula is C13H19NO5S. The van der Waals surface area contributed by atoms with Crippen LogP contribution in [0.25, 0.3) is 0 Å². The summed E-state index contributed by atoms with van der Waals surface area (Å²) in [4.78, 5) is 24.2. The number of carbonyl (C=O) groups is 2. The number of rotatable bonds is 6. The molecular weight excluding hydrogens is 282 g/mol. The molecule has 7 heteroatoms. The summed E-state index contributed by atoms with van der Waals surface area (Å²) < 4.78 is 23.1. The Balaban J connectivity index is 2.63. The minimum Gasteiger partial charge on any atom is -0.481 e. The molecule has 0 saturated carbocycles. The highest BCUT2D eigenvalue weighted by molar-refractivity contribution is 7.91. The van der Waals surface area contributed by atoms with Crippen LogP contribution in [0.5, 0.6) is 0 Å². The maximum atomic E-state index is 12.1. The van der Waals surface area contributed by atoms with E-state index in [1.165, 1.54) is 4.90 Å². The van der Waals surface area contributed by atoms with Crippen molar-refractivity contribution < 1.29 is 23.1 Å². The fourth-order valence-electron chi connectivity index (χ4n) is 2.23. The molecule has 1 rings (SSSR count). The summed E-state index contributed by atoms with van der Waals surface area (Å²) in [5, 5.41) is 8.83. The smallest absolute Gasteiger partial charge is 0.305 e. The van der Waals surface area contributed by atoms with Gasteiger partial charge in [-0.1, -0.05) is 0 Å². The molecule has 1 unspecified atom stereocenters. The molecule has 1 saturated heterocycles. The van der Waals surface area contributed by atoms with E-state index in [1.54, 1.807) is 0 Å². The SMILES string of the molecule is C#CCCCCC(=O)N1CCS(=O)(=O)CC1CC(=O)O. The highest BCUT2D eigenvalue weighted by Crippen LogP contribution is 2.17. The third-order valence-corrected chi connectivity index (χ3v) is 4.92. The molecule has 112 valence electrons. The number of carbonyl (C=O) groups excluding carboxylic acids is 1. The summed E-state index contributed by atoms with van der Waals surface area (Å²) >= 11 is 0. The Kier molecular flexibility index (Phi) is 6.02. The highest BCUT2D eigenvalue weighted by atomic mass is 32.2. The number of hydrogen-bond acceptors (Lipinski definition) is 4. The van der Waals surface area contributed by atoms with Crippen LogP contribution < -0.4 is 0 Å². The van der Waals surface area contributed by atoms with Crippen molar-refractivity contribution in [1.82, 2.24) is 4.90 Å². The first-order valence-corrected chi connectivity index (χ1v) is 8.33. The molecule has 0 bridgehead atoms. The summed E-state index contributed by atoms with van der Waals surface area (Å²) in [6, 6.07) is -0.758. The summed E-state index contributed by atoms with van der Waals surface area (Å²) in [6.45, 7) is 0.0776. The molecule has 6 nitrogen and oxygen atoms in total. The number of unbranched alkanes of at least 4 members (excludes halogenated alkanes) is 2. The Hall–Kier alpha value is -1.55. The van der Waals surface area contributed by atoms with Crippen molar-refractivity contribution >= 4 is 21.7 Å². The van der Waals surface area contributed by atoms with Crippen LogP contribution in [0.15, 0.2) is 0 Å². The van der Waals surface area contributed by atoms with E-state index in [0.717, 1.165) is 6.42 Å². The first kappa shape index (κ1) is 16.5. The van der Waals surface area contributed by atoms with Gasteiger partial charge in [-0.15, -0.1) is 12.3 Å². The maximum absolute atomic E-state index is 12.1. The minimum absolute atomic E-state index is 0.0776. The van der Waals surface area contributed by atoms with Gasteiger partial charge in [-0.3, -0.25) is 9.59 Å². The first-order chi connectivity index (χ1) is 9.35. The molecule has 0 radical (unpaired) electrons. The lowest BCUT2D eigenvalue weighted by Gasteiger charge is -2.34. The Morgan fingerprint density at radius 3 is 2.65 bits per heavy atom. The average molecular weight is 301 g/mol. The number of nitrogens with zero attached hydrogens (tertiary/aromatic N) is 1. The van der Waals surface area contributed by atoms with Gasteiger partial charge in [-0.25, -0.2) is 8.42 Å². The fraction of sp³-hybridized carbons (Fsp3) is 0.692. The molecule has 0 aromatic rings. The van der Waals surface area contributed by atoms with E-state index in [2.05, 4.69) is 5.92 Å². The van der Waals surface area contributed by atoms with E-state index in [1.807, 2.05) is 0 Å². The number of amides is 1. The van der Waals surface area contributed by atoms with Crippen LogP contribution in [0.2, 0.25) is 0 Å². The first-order valence-electron chi connectivity index (χ1n) is 6.51. The van der Waals surface area contributed by atoms with Gasteiger partial charge in [0.25, 0.3) is 0 Å². The number of carboxylic acid groups (broad SMARTS) is 1. The van der Waals surface area contributed by atoms with Gasteiger partial charge in [0.1, 0.15) is 0 Å². The van der Waals surface area contributed by atoms with E-state index in [0.29, 0.717) is 12.8 Å². The zero-order valence-electron chi connectivity index (χ0n) is 11.2. The third-order valence-electron chi connectivity index (χ3n) is 3.22. The second-order valence-corrected chi connectivity index (χ2v) is 7.09. The Morgan fingerprint density at radius 1 is 1.35 bits per heavy atom. The van der Waals surface area contributed by atoms with Crippen molar-refractivity contribution in [3.63, 3.8) is 0 Å². The summed E-state index contributed by atoms with van der Waals surface area (Å²) in [7, 11) is -3.26. The van der Waals surface area contributed by atoms with Crippen molar-refractivity contribution in [3.8, 4) is 12.3 Å². The normalized spacial score (nSPS) is 21.1. The third kappa shape index (κ3) is 5.21. The molecule has 1 amide bonds. The second kappa shape index (κ2) is 7.29. The van der Waals surface area contributed by atoms with Gasteiger partial charge in [-0.2, -0.15) is 0 Å². The molecule has 1 N–H and O–H groups in total. The monoisotopic (exact) mass is 301 g/mol. The maximum Gasteiger partial charge on any atom is 0.305 e. The van der Waals surface area contributed by atoms with Gasteiger partial charge in [-0.05, 0) is 12.8 Å². The molecule has 1 aliphatic rings. The van der Waals surface area contributed by atoms with E-state index in [-0.39, 0.29) is 36.8 Å². The van der Waals surface area contributed by atoms with Crippen molar-refractivity contribution in [2.75, 3.05) is 18.1 Å².